The summed E-state index contributed by atoms with van der Waals surface area (Å²) in [5, 5.41) is 0. The van der Waals surface area contributed by atoms with E-state index in [1.54, 1.807) is 0 Å². The molecule has 24 heavy (non-hydrogen) atoms. The number of hydrogen-bond donors (Lipinski definition) is 0. The van der Waals surface area contributed by atoms with Gasteiger partial charge in [-0.15, -0.1) is 0 Å². The van der Waals surface area contributed by atoms with Crippen molar-refractivity contribution >= 4 is 6.29 Å². The van der Waals surface area contributed by atoms with Crippen molar-refractivity contribution in [3.05, 3.63) is 12.2 Å². The van der Waals surface area contributed by atoms with Crippen LogP contribution in [0.4, 0.5) is 0 Å². The first kappa shape index (κ1) is 23.4. The number of aldehydes is 1. The lowest BCUT2D eigenvalue weighted by molar-refractivity contribution is -0.107. The molecule has 0 unspecified atom stereocenters. The Kier molecular flexibility index (Phi) is 21.9. The van der Waals surface area contributed by atoms with Crippen LogP contribution in [0.25, 0.3) is 0 Å². The zero-order chi connectivity index (χ0) is 17.6. The summed E-state index contributed by atoms with van der Waals surface area (Å²) in [4.78, 5) is 10.2. The predicted molar refractivity (Wildman–Crippen MR) is 109 cm³/mol. The van der Waals surface area contributed by atoms with Crippen LogP contribution in [0.3, 0.4) is 0 Å². The van der Waals surface area contributed by atoms with E-state index in [4.69, 9.17) is 0 Å². The molecule has 0 bridgehead atoms. The maximum absolute atomic E-state index is 10.2. The topological polar surface area (TPSA) is 17.1 Å². The van der Waals surface area contributed by atoms with Crippen LogP contribution in [0.15, 0.2) is 12.2 Å². The maximum Gasteiger partial charge on any atom is 0.119 e. The Labute approximate surface area is 152 Å². The van der Waals surface area contributed by atoms with Crippen molar-refractivity contribution in [1.82, 2.24) is 0 Å². The van der Waals surface area contributed by atoms with Gasteiger partial charge in [-0.1, -0.05) is 109 Å². The Morgan fingerprint density at radius 3 is 1.17 bits per heavy atom. The highest BCUT2D eigenvalue weighted by atomic mass is 16.1. The van der Waals surface area contributed by atoms with E-state index in [1.807, 2.05) is 0 Å². The van der Waals surface area contributed by atoms with Gasteiger partial charge in [0.15, 0.2) is 0 Å². The summed E-state index contributed by atoms with van der Waals surface area (Å²) >= 11 is 0. The molecule has 0 rings (SSSR count). The second-order valence-electron chi connectivity index (χ2n) is 7.31. The number of carbonyl (C=O) groups excluding carboxylic acids is 1. The average molecular weight is 337 g/mol. The molecule has 1 nitrogen and oxygen atoms in total. The van der Waals surface area contributed by atoms with Crippen molar-refractivity contribution in [2.24, 2.45) is 0 Å². The van der Waals surface area contributed by atoms with Gasteiger partial charge < -0.3 is 4.79 Å². The summed E-state index contributed by atoms with van der Waals surface area (Å²) in [7, 11) is 0. The molecule has 0 atom stereocenters. The first-order valence-electron chi connectivity index (χ1n) is 11.0. The quantitative estimate of drug-likeness (QED) is 0.124. The molecule has 0 saturated carbocycles. The summed E-state index contributed by atoms with van der Waals surface area (Å²) in [5.74, 6) is 0. The van der Waals surface area contributed by atoms with Crippen molar-refractivity contribution in [3.63, 3.8) is 0 Å². The molecule has 0 saturated heterocycles. The summed E-state index contributed by atoms with van der Waals surface area (Å²) in [5.41, 5.74) is 0. The van der Waals surface area contributed by atoms with Crippen molar-refractivity contribution in [1.29, 1.82) is 0 Å². The first-order valence-corrected chi connectivity index (χ1v) is 11.0. The average Bonchev–Trinajstić information content (AvgIpc) is 2.60. The summed E-state index contributed by atoms with van der Waals surface area (Å²) in [6.45, 7) is 2.26. The van der Waals surface area contributed by atoms with Gasteiger partial charge in [0.05, 0.1) is 0 Å². The zero-order valence-electron chi connectivity index (χ0n) is 16.6. The third-order valence-corrected chi connectivity index (χ3v) is 4.83. The van der Waals surface area contributed by atoms with Crippen LogP contribution < -0.4 is 0 Å². The Balaban J connectivity index is 3.00. The van der Waals surface area contributed by atoms with Gasteiger partial charge in [-0.2, -0.15) is 0 Å². The lowest BCUT2D eigenvalue weighted by Gasteiger charge is -2.03. The second kappa shape index (κ2) is 22.4. The van der Waals surface area contributed by atoms with Gasteiger partial charge in [-0.25, -0.2) is 0 Å². The fraction of sp³-hybridized carbons (Fsp3) is 0.870. The largest absolute Gasteiger partial charge is 0.303 e. The maximum atomic E-state index is 10.2. The van der Waals surface area contributed by atoms with Gasteiger partial charge in [0, 0.05) is 6.42 Å². The summed E-state index contributed by atoms with van der Waals surface area (Å²) in [6.07, 6.45) is 31.0. The van der Waals surface area contributed by atoms with Crippen molar-refractivity contribution in [3.8, 4) is 0 Å². The fourth-order valence-corrected chi connectivity index (χ4v) is 3.17. The van der Waals surface area contributed by atoms with Crippen molar-refractivity contribution in [2.45, 2.75) is 129 Å². The lowest BCUT2D eigenvalue weighted by atomic mass is 10.0. The molecular formula is C23H44O. The summed E-state index contributed by atoms with van der Waals surface area (Å²) in [6, 6.07) is 0. The molecule has 0 spiro atoms. The van der Waals surface area contributed by atoms with E-state index in [2.05, 4.69) is 19.1 Å². The smallest absolute Gasteiger partial charge is 0.119 e. The second-order valence-corrected chi connectivity index (χ2v) is 7.31. The van der Waals surface area contributed by atoms with Crippen LogP contribution in [0, 0.1) is 0 Å². The van der Waals surface area contributed by atoms with Crippen LogP contribution in [0.5, 0.6) is 0 Å². The Morgan fingerprint density at radius 1 is 0.458 bits per heavy atom. The molecule has 0 aliphatic heterocycles. The molecule has 0 N–H and O–H groups in total. The zero-order valence-corrected chi connectivity index (χ0v) is 16.6. The van der Waals surface area contributed by atoms with E-state index in [1.165, 1.54) is 109 Å². The Bertz CT molecular complexity index is 257. The van der Waals surface area contributed by atoms with E-state index in [9.17, 15) is 4.79 Å². The molecule has 0 aromatic rings. The molecule has 0 radical (unpaired) electrons. The Hall–Kier alpha value is -0.590. The Morgan fingerprint density at radius 2 is 0.792 bits per heavy atom. The van der Waals surface area contributed by atoms with E-state index in [-0.39, 0.29) is 0 Å². The molecule has 0 aliphatic carbocycles. The van der Waals surface area contributed by atoms with Crippen molar-refractivity contribution < 1.29 is 4.79 Å². The molecule has 0 amide bonds. The number of allylic oxidation sites excluding steroid dienone is 2. The van der Waals surface area contributed by atoms with E-state index in [0.29, 0.717) is 0 Å². The minimum Gasteiger partial charge on any atom is -0.303 e. The van der Waals surface area contributed by atoms with Crippen molar-refractivity contribution in [2.75, 3.05) is 0 Å². The highest BCUT2D eigenvalue weighted by molar-refractivity contribution is 5.48. The molecule has 142 valence electrons. The lowest BCUT2D eigenvalue weighted by Crippen LogP contribution is -1.83. The van der Waals surface area contributed by atoms with Gasteiger partial charge in [0.2, 0.25) is 0 Å². The van der Waals surface area contributed by atoms with Crippen LogP contribution in [0.2, 0.25) is 0 Å². The number of unbranched alkanes of at least 4 members (excludes halogenated alkanes) is 17. The van der Waals surface area contributed by atoms with E-state index < -0.39 is 0 Å². The molecule has 0 fully saturated rings. The SMILES string of the molecule is CCCCC=CCCCCCCCCCCCCCCCCC=O. The molecular weight excluding hydrogens is 292 g/mol. The monoisotopic (exact) mass is 336 g/mol. The van der Waals surface area contributed by atoms with Gasteiger partial charge in [-0.3, -0.25) is 0 Å². The van der Waals surface area contributed by atoms with Crippen LogP contribution in [-0.4, -0.2) is 6.29 Å². The number of carbonyl (C=O) groups is 1. The summed E-state index contributed by atoms with van der Waals surface area (Å²) < 4.78 is 0. The van der Waals surface area contributed by atoms with E-state index in [0.717, 1.165) is 19.1 Å². The normalized spacial score (nSPS) is 11.4. The van der Waals surface area contributed by atoms with Crippen LogP contribution >= 0.6 is 0 Å². The minimum absolute atomic E-state index is 0.760. The first-order chi connectivity index (χ1) is 11.9. The molecule has 0 heterocycles. The van der Waals surface area contributed by atoms with Gasteiger partial charge in [0.25, 0.3) is 0 Å². The van der Waals surface area contributed by atoms with Gasteiger partial charge in [0.1, 0.15) is 6.29 Å². The number of hydrogen-bond acceptors (Lipinski definition) is 1. The van der Waals surface area contributed by atoms with E-state index >= 15 is 0 Å². The minimum atomic E-state index is 0.760. The van der Waals surface area contributed by atoms with Crippen LogP contribution in [0.1, 0.15) is 129 Å². The highest BCUT2D eigenvalue weighted by Gasteiger charge is 1.94. The van der Waals surface area contributed by atoms with Gasteiger partial charge in [-0.05, 0) is 25.7 Å². The standard InChI is InChI=1S/C23H44O/c1-2-3-4-5-6-7-8-9-10-11-12-13-14-15-16-17-18-19-20-21-22-23-24/h5-6,23H,2-4,7-22H2,1H3. The molecule has 0 aromatic heterocycles. The fourth-order valence-electron chi connectivity index (χ4n) is 3.17. The number of rotatable bonds is 20. The highest BCUT2D eigenvalue weighted by Crippen LogP contribution is 2.13. The predicted octanol–water partition coefficient (Wildman–Crippen LogP) is 8.17. The van der Waals surface area contributed by atoms with Crippen LogP contribution in [-0.2, 0) is 4.79 Å². The third-order valence-electron chi connectivity index (χ3n) is 4.83. The third kappa shape index (κ3) is 21.4. The molecule has 0 aliphatic rings. The van der Waals surface area contributed by atoms with Gasteiger partial charge >= 0.3 is 0 Å². The molecule has 0 aromatic carbocycles. The molecule has 1 heteroatoms.